The Morgan fingerprint density at radius 3 is 2.86 bits per heavy atom. The molecule has 0 aliphatic heterocycles. The molecular formula is C13H19N. The molecule has 0 aromatic heterocycles. The fourth-order valence-corrected chi connectivity index (χ4v) is 2.84. The van der Waals surface area contributed by atoms with Gasteiger partial charge in [-0.2, -0.15) is 0 Å². The number of aryl methyl sites for hydroxylation is 1. The average Bonchev–Trinajstić information content (AvgIpc) is 2.59. The van der Waals surface area contributed by atoms with Crippen LogP contribution in [-0.2, 0) is 11.8 Å². The summed E-state index contributed by atoms with van der Waals surface area (Å²) in [6.07, 6.45) is 4.89. The molecule has 1 nitrogen and oxygen atoms in total. The van der Waals surface area contributed by atoms with E-state index in [0.29, 0.717) is 5.41 Å². The Hall–Kier alpha value is -0.820. The van der Waals surface area contributed by atoms with Crippen molar-refractivity contribution in [2.75, 3.05) is 6.54 Å². The highest BCUT2D eigenvalue weighted by atomic mass is 14.6. The van der Waals surface area contributed by atoms with Crippen molar-refractivity contribution < 1.29 is 0 Å². The first kappa shape index (κ1) is 9.72. The molecule has 0 fully saturated rings. The van der Waals surface area contributed by atoms with E-state index >= 15 is 0 Å². The van der Waals surface area contributed by atoms with Crippen LogP contribution >= 0.6 is 0 Å². The predicted octanol–water partition coefficient (Wildman–Crippen LogP) is 2.63. The Morgan fingerprint density at radius 1 is 1.36 bits per heavy atom. The minimum Gasteiger partial charge on any atom is -0.330 e. The van der Waals surface area contributed by atoms with Crippen molar-refractivity contribution >= 4 is 0 Å². The molecule has 1 aliphatic rings. The lowest BCUT2D eigenvalue weighted by Crippen LogP contribution is -2.25. The summed E-state index contributed by atoms with van der Waals surface area (Å²) in [5.41, 5.74) is 9.23. The number of hydrogen-bond acceptors (Lipinski definition) is 1. The molecule has 0 spiro atoms. The summed E-state index contributed by atoms with van der Waals surface area (Å²) in [5.74, 6) is 0. The quantitative estimate of drug-likeness (QED) is 0.777. The molecule has 1 atom stereocenters. The van der Waals surface area contributed by atoms with Crippen LogP contribution in [0.3, 0.4) is 0 Å². The molecule has 1 unspecified atom stereocenters. The van der Waals surface area contributed by atoms with E-state index in [4.69, 9.17) is 5.73 Å². The van der Waals surface area contributed by atoms with Crippen molar-refractivity contribution in [1.82, 2.24) is 0 Å². The number of benzene rings is 1. The monoisotopic (exact) mass is 189 g/mol. The summed E-state index contributed by atoms with van der Waals surface area (Å²) in [6.45, 7) is 3.10. The third-order valence-corrected chi connectivity index (χ3v) is 3.76. The second kappa shape index (κ2) is 3.74. The molecule has 0 bridgehead atoms. The fourth-order valence-electron chi connectivity index (χ4n) is 2.84. The van der Waals surface area contributed by atoms with Crippen molar-refractivity contribution in [2.24, 2.45) is 5.73 Å². The van der Waals surface area contributed by atoms with Crippen LogP contribution in [0.2, 0.25) is 0 Å². The molecule has 2 rings (SSSR count). The Labute approximate surface area is 86.3 Å². The predicted molar refractivity (Wildman–Crippen MR) is 60.4 cm³/mol. The van der Waals surface area contributed by atoms with Gasteiger partial charge in [-0.05, 0) is 48.8 Å². The lowest BCUT2D eigenvalue weighted by Gasteiger charge is -2.28. The standard InChI is InChI=1S/C13H19N/c1-2-13(9-10-14)8-7-11-5-3-4-6-12(11)13/h3-6H,2,7-10,14H2,1H3. The maximum atomic E-state index is 5.73. The maximum Gasteiger partial charge on any atom is -0.00317 e. The van der Waals surface area contributed by atoms with Gasteiger partial charge in [0.15, 0.2) is 0 Å². The Balaban J connectivity index is 2.39. The van der Waals surface area contributed by atoms with E-state index in [2.05, 4.69) is 31.2 Å². The minimum absolute atomic E-state index is 0.394. The Morgan fingerprint density at radius 2 is 2.14 bits per heavy atom. The molecule has 1 aromatic carbocycles. The molecule has 1 aromatic rings. The van der Waals surface area contributed by atoms with E-state index in [1.165, 1.54) is 19.3 Å². The van der Waals surface area contributed by atoms with Crippen LogP contribution in [0.1, 0.15) is 37.3 Å². The van der Waals surface area contributed by atoms with Crippen molar-refractivity contribution in [1.29, 1.82) is 0 Å². The van der Waals surface area contributed by atoms with Crippen LogP contribution in [0.15, 0.2) is 24.3 Å². The zero-order chi connectivity index (χ0) is 10.0. The summed E-state index contributed by atoms with van der Waals surface area (Å²) in [5, 5.41) is 0. The molecule has 1 heteroatoms. The first-order valence-electron chi connectivity index (χ1n) is 5.61. The summed E-state index contributed by atoms with van der Waals surface area (Å²) >= 11 is 0. The first-order valence-corrected chi connectivity index (χ1v) is 5.61. The Bertz CT molecular complexity index is 315. The number of hydrogen-bond donors (Lipinski definition) is 1. The van der Waals surface area contributed by atoms with Gasteiger partial charge in [0.25, 0.3) is 0 Å². The molecule has 0 radical (unpaired) electrons. The summed E-state index contributed by atoms with van der Waals surface area (Å²) in [7, 11) is 0. The lowest BCUT2D eigenvalue weighted by atomic mass is 9.76. The topological polar surface area (TPSA) is 26.0 Å². The largest absolute Gasteiger partial charge is 0.330 e. The highest BCUT2D eigenvalue weighted by Crippen LogP contribution is 2.43. The van der Waals surface area contributed by atoms with Gasteiger partial charge in [0, 0.05) is 0 Å². The molecule has 76 valence electrons. The normalized spacial score (nSPS) is 25.0. The number of nitrogens with two attached hydrogens (primary N) is 1. The van der Waals surface area contributed by atoms with Crippen LogP contribution in [0.25, 0.3) is 0 Å². The highest BCUT2D eigenvalue weighted by molar-refractivity contribution is 5.39. The Kier molecular flexibility index (Phi) is 2.60. The van der Waals surface area contributed by atoms with Crippen molar-refractivity contribution in [2.45, 2.75) is 38.0 Å². The van der Waals surface area contributed by atoms with Crippen LogP contribution in [-0.4, -0.2) is 6.54 Å². The molecule has 14 heavy (non-hydrogen) atoms. The van der Waals surface area contributed by atoms with E-state index in [1.54, 1.807) is 11.1 Å². The van der Waals surface area contributed by atoms with Gasteiger partial charge < -0.3 is 5.73 Å². The highest BCUT2D eigenvalue weighted by Gasteiger charge is 2.35. The summed E-state index contributed by atoms with van der Waals surface area (Å²) < 4.78 is 0. The zero-order valence-electron chi connectivity index (χ0n) is 8.92. The van der Waals surface area contributed by atoms with Crippen LogP contribution in [0.5, 0.6) is 0 Å². The van der Waals surface area contributed by atoms with Gasteiger partial charge in [-0.1, -0.05) is 31.2 Å². The molecule has 2 N–H and O–H groups in total. The molecular weight excluding hydrogens is 170 g/mol. The van der Waals surface area contributed by atoms with Crippen molar-refractivity contribution in [3.8, 4) is 0 Å². The molecule has 0 heterocycles. The molecule has 0 amide bonds. The maximum absolute atomic E-state index is 5.73. The summed E-state index contributed by atoms with van der Waals surface area (Å²) in [6, 6.07) is 8.86. The second-order valence-corrected chi connectivity index (χ2v) is 4.33. The van der Waals surface area contributed by atoms with Crippen LogP contribution in [0, 0.1) is 0 Å². The van der Waals surface area contributed by atoms with E-state index in [1.807, 2.05) is 0 Å². The smallest absolute Gasteiger partial charge is 0.00317 e. The van der Waals surface area contributed by atoms with Gasteiger partial charge in [-0.15, -0.1) is 0 Å². The number of fused-ring (bicyclic) bond motifs is 1. The van der Waals surface area contributed by atoms with Crippen molar-refractivity contribution in [3.05, 3.63) is 35.4 Å². The van der Waals surface area contributed by atoms with Crippen LogP contribution in [0.4, 0.5) is 0 Å². The average molecular weight is 189 g/mol. The zero-order valence-corrected chi connectivity index (χ0v) is 8.92. The third-order valence-electron chi connectivity index (χ3n) is 3.76. The molecule has 0 saturated carbocycles. The van der Waals surface area contributed by atoms with Gasteiger partial charge in [-0.3, -0.25) is 0 Å². The van der Waals surface area contributed by atoms with Gasteiger partial charge >= 0.3 is 0 Å². The third kappa shape index (κ3) is 1.36. The van der Waals surface area contributed by atoms with E-state index in [-0.39, 0.29) is 0 Å². The van der Waals surface area contributed by atoms with Crippen LogP contribution < -0.4 is 5.73 Å². The fraction of sp³-hybridized carbons (Fsp3) is 0.538. The van der Waals surface area contributed by atoms with Gasteiger partial charge in [-0.25, -0.2) is 0 Å². The second-order valence-electron chi connectivity index (χ2n) is 4.33. The molecule has 1 aliphatic carbocycles. The SMILES string of the molecule is CCC1(CCN)CCc2ccccc21. The van der Waals surface area contributed by atoms with Crippen molar-refractivity contribution in [3.63, 3.8) is 0 Å². The van der Waals surface area contributed by atoms with E-state index in [0.717, 1.165) is 13.0 Å². The molecule has 0 saturated heterocycles. The lowest BCUT2D eigenvalue weighted by molar-refractivity contribution is 0.383. The minimum atomic E-state index is 0.394. The van der Waals surface area contributed by atoms with Gasteiger partial charge in [0.2, 0.25) is 0 Å². The van der Waals surface area contributed by atoms with E-state index < -0.39 is 0 Å². The van der Waals surface area contributed by atoms with E-state index in [9.17, 15) is 0 Å². The first-order chi connectivity index (χ1) is 6.82. The number of rotatable bonds is 3. The van der Waals surface area contributed by atoms with Gasteiger partial charge in [0.05, 0.1) is 0 Å². The summed E-state index contributed by atoms with van der Waals surface area (Å²) in [4.78, 5) is 0. The van der Waals surface area contributed by atoms with Gasteiger partial charge in [0.1, 0.15) is 0 Å².